The van der Waals surface area contributed by atoms with Crippen molar-refractivity contribution in [3.8, 4) is 11.5 Å². The molecule has 1 atom stereocenters. The van der Waals surface area contributed by atoms with Crippen molar-refractivity contribution >= 4 is 11.6 Å². The molecule has 1 N–H and O–H groups in total. The average Bonchev–Trinajstić information content (AvgIpc) is 2.41. The van der Waals surface area contributed by atoms with Crippen molar-refractivity contribution in [3.63, 3.8) is 0 Å². The first-order valence-corrected chi connectivity index (χ1v) is 5.91. The summed E-state index contributed by atoms with van der Waals surface area (Å²) in [4.78, 5) is 0. The van der Waals surface area contributed by atoms with Crippen LogP contribution in [-0.4, -0.2) is 18.0 Å². The van der Waals surface area contributed by atoms with E-state index < -0.39 is 6.29 Å². The largest absolute Gasteiger partial charge is 0.452 e. The molecule has 0 saturated heterocycles. The predicted molar refractivity (Wildman–Crippen MR) is 70.0 cm³/mol. The highest BCUT2D eigenvalue weighted by Gasteiger charge is 2.12. The van der Waals surface area contributed by atoms with E-state index in [1.807, 2.05) is 18.2 Å². The molecule has 18 heavy (non-hydrogen) atoms. The van der Waals surface area contributed by atoms with E-state index in [4.69, 9.17) is 21.1 Å². The average molecular weight is 265 g/mol. The van der Waals surface area contributed by atoms with Gasteiger partial charge in [-0.15, -0.1) is 0 Å². The van der Waals surface area contributed by atoms with Gasteiger partial charge < -0.3 is 14.6 Å². The number of rotatable bonds is 5. The summed E-state index contributed by atoms with van der Waals surface area (Å²) in [6.07, 6.45) is -0.785. The number of aliphatic hydroxyl groups is 1. The van der Waals surface area contributed by atoms with Gasteiger partial charge in [-0.25, -0.2) is 0 Å². The summed E-state index contributed by atoms with van der Waals surface area (Å²) in [6, 6.07) is 16.2. The third kappa shape index (κ3) is 3.39. The van der Waals surface area contributed by atoms with Crippen LogP contribution >= 0.6 is 11.6 Å². The highest BCUT2D eigenvalue weighted by atomic mass is 35.5. The van der Waals surface area contributed by atoms with Gasteiger partial charge in [0, 0.05) is 0 Å². The van der Waals surface area contributed by atoms with Crippen molar-refractivity contribution in [2.75, 3.05) is 6.61 Å². The molecule has 0 aliphatic heterocycles. The molecule has 0 saturated carbocycles. The zero-order valence-electron chi connectivity index (χ0n) is 9.62. The number of hydrogen-bond donors (Lipinski definition) is 1. The fourth-order valence-corrected chi connectivity index (χ4v) is 1.61. The Bertz CT molecular complexity index is 487. The summed E-state index contributed by atoms with van der Waals surface area (Å²) in [5.41, 5.74) is 0. The topological polar surface area (TPSA) is 38.7 Å². The molecule has 0 heterocycles. The number of para-hydroxylation sites is 2. The Morgan fingerprint density at radius 1 is 0.944 bits per heavy atom. The van der Waals surface area contributed by atoms with E-state index in [9.17, 15) is 5.11 Å². The Morgan fingerprint density at radius 3 is 2.28 bits per heavy atom. The highest BCUT2D eigenvalue weighted by Crippen LogP contribution is 2.24. The zero-order valence-corrected chi connectivity index (χ0v) is 10.4. The van der Waals surface area contributed by atoms with Crippen LogP contribution in [0.3, 0.4) is 0 Å². The molecule has 0 bridgehead atoms. The van der Waals surface area contributed by atoms with Gasteiger partial charge in [0.2, 0.25) is 0 Å². The molecule has 0 aliphatic carbocycles. The van der Waals surface area contributed by atoms with Gasteiger partial charge in [0.15, 0.2) is 0 Å². The van der Waals surface area contributed by atoms with Gasteiger partial charge in [-0.3, -0.25) is 0 Å². The van der Waals surface area contributed by atoms with E-state index in [0.717, 1.165) is 0 Å². The van der Waals surface area contributed by atoms with E-state index in [1.165, 1.54) is 0 Å². The molecule has 0 spiro atoms. The van der Waals surface area contributed by atoms with Gasteiger partial charge in [-0.05, 0) is 24.3 Å². The molecule has 1 unspecified atom stereocenters. The molecule has 94 valence electrons. The third-order valence-electron chi connectivity index (χ3n) is 2.25. The number of ether oxygens (including phenoxy) is 2. The van der Waals surface area contributed by atoms with Crippen LogP contribution in [0.1, 0.15) is 0 Å². The summed E-state index contributed by atoms with van der Waals surface area (Å²) in [7, 11) is 0. The molecular weight excluding hydrogens is 252 g/mol. The first kappa shape index (κ1) is 12.7. The SMILES string of the molecule is OCC(Oc1ccccc1)Oc1ccccc1Cl. The standard InChI is InChI=1S/C14H13ClO3/c15-12-8-4-5-9-13(12)18-14(10-16)17-11-6-2-1-3-7-11/h1-9,14,16H,10H2. The number of halogens is 1. The van der Waals surface area contributed by atoms with Crippen LogP contribution in [0, 0.1) is 0 Å². The van der Waals surface area contributed by atoms with Crippen molar-refractivity contribution in [1.82, 2.24) is 0 Å². The Hall–Kier alpha value is -1.71. The highest BCUT2D eigenvalue weighted by molar-refractivity contribution is 6.32. The van der Waals surface area contributed by atoms with Crippen LogP contribution in [0.15, 0.2) is 54.6 Å². The minimum Gasteiger partial charge on any atom is -0.452 e. The summed E-state index contributed by atoms with van der Waals surface area (Å²) in [5, 5.41) is 9.73. The van der Waals surface area contributed by atoms with Crippen molar-refractivity contribution in [2.24, 2.45) is 0 Å². The second-order valence-corrected chi connectivity index (χ2v) is 4.00. The monoisotopic (exact) mass is 264 g/mol. The van der Waals surface area contributed by atoms with Gasteiger partial charge in [0.05, 0.1) is 5.02 Å². The van der Waals surface area contributed by atoms with Gasteiger partial charge in [-0.1, -0.05) is 41.9 Å². The summed E-state index contributed by atoms with van der Waals surface area (Å²) < 4.78 is 11.0. The summed E-state index contributed by atoms with van der Waals surface area (Å²) in [5.74, 6) is 1.11. The lowest BCUT2D eigenvalue weighted by atomic mass is 10.3. The molecule has 2 aromatic carbocycles. The number of benzene rings is 2. The fraction of sp³-hybridized carbons (Fsp3) is 0.143. The van der Waals surface area contributed by atoms with E-state index in [2.05, 4.69) is 0 Å². The normalized spacial score (nSPS) is 11.9. The van der Waals surface area contributed by atoms with E-state index >= 15 is 0 Å². The van der Waals surface area contributed by atoms with E-state index in [1.54, 1.807) is 36.4 Å². The van der Waals surface area contributed by atoms with Gasteiger partial charge >= 0.3 is 0 Å². The number of aliphatic hydroxyl groups excluding tert-OH is 1. The quantitative estimate of drug-likeness (QED) is 0.844. The first-order valence-electron chi connectivity index (χ1n) is 5.53. The predicted octanol–water partition coefficient (Wildman–Crippen LogP) is 3.12. The van der Waals surface area contributed by atoms with Crippen molar-refractivity contribution in [1.29, 1.82) is 0 Å². The molecule has 0 radical (unpaired) electrons. The Morgan fingerprint density at radius 2 is 1.61 bits per heavy atom. The first-order chi connectivity index (χ1) is 8.79. The van der Waals surface area contributed by atoms with Gasteiger partial charge in [-0.2, -0.15) is 0 Å². The van der Waals surface area contributed by atoms with Crippen LogP contribution < -0.4 is 9.47 Å². The van der Waals surface area contributed by atoms with Crippen LogP contribution in [0.25, 0.3) is 0 Å². The smallest absolute Gasteiger partial charge is 0.263 e. The van der Waals surface area contributed by atoms with Gasteiger partial charge in [0.25, 0.3) is 6.29 Å². The third-order valence-corrected chi connectivity index (χ3v) is 2.57. The van der Waals surface area contributed by atoms with E-state index in [-0.39, 0.29) is 6.61 Å². The molecule has 0 fully saturated rings. The van der Waals surface area contributed by atoms with Crippen LogP contribution in [0.5, 0.6) is 11.5 Å². The van der Waals surface area contributed by atoms with Crippen molar-refractivity contribution in [2.45, 2.75) is 6.29 Å². The Labute approximate surface area is 111 Å². The molecule has 2 aromatic rings. The minimum atomic E-state index is -0.785. The maximum absolute atomic E-state index is 9.25. The molecule has 3 nitrogen and oxygen atoms in total. The Balaban J connectivity index is 2.04. The van der Waals surface area contributed by atoms with Crippen molar-refractivity contribution in [3.05, 3.63) is 59.6 Å². The molecule has 0 aromatic heterocycles. The summed E-state index contributed by atoms with van der Waals surface area (Å²) in [6.45, 7) is -0.264. The summed E-state index contributed by atoms with van der Waals surface area (Å²) >= 11 is 5.97. The second-order valence-electron chi connectivity index (χ2n) is 3.59. The second kappa shape index (κ2) is 6.28. The molecule has 0 amide bonds. The molecule has 2 rings (SSSR count). The van der Waals surface area contributed by atoms with E-state index in [0.29, 0.717) is 16.5 Å². The maximum atomic E-state index is 9.25. The molecular formula is C14H13ClO3. The lowest BCUT2D eigenvalue weighted by Gasteiger charge is -2.19. The zero-order chi connectivity index (χ0) is 12.8. The van der Waals surface area contributed by atoms with Gasteiger partial charge in [0.1, 0.15) is 18.1 Å². The molecule has 0 aliphatic rings. The van der Waals surface area contributed by atoms with Crippen LogP contribution in [0.2, 0.25) is 5.02 Å². The Kier molecular flexibility index (Phi) is 4.45. The van der Waals surface area contributed by atoms with Crippen molar-refractivity contribution < 1.29 is 14.6 Å². The van der Waals surface area contributed by atoms with Crippen LogP contribution in [0.4, 0.5) is 0 Å². The molecule has 4 heteroatoms. The lowest BCUT2D eigenvalue weighted by molar-refractivity contribution is -0.0349. The number of hydrogen-bond acceptors (Lipinski definition) is 3. The van der Waals surface area contributed by atoms with Crippen LogP contribution in [-0.2, 0) is 0 Å². The minimum absolute atomic E-state index is 0.264. The fourth-order valence-electron chi connectivity index (χ4n) is 1.43. The lowest BCUT2D eigenvalue weighted by Crippen LogP contribution is -2.28. The maximum Gasteiger partial charge on any atom is 0.263 e.